The third-order valence-electron chi connectivity index (χ3n) is 5.90. The van der Waals surface area contributed by atoms with Crippen LogP contribution >= 0.6 is 11.3 Å². The summed E-state index contributed by atoms with van der Waals surface area (Å²) in [7, 11) is 0. The quantitative estimate of drug-likeness (QED) is 0.869. The molecule has 1 aliphatic carbocycles. The minimum atomic E-state index is -0.0998. The largest absolute Gasteiger partial charge is 0.353 e. The molecule has 0 radical (unpaired) electrons. The highest BCUT2D eigenvalue weighted by molar-refractivity contribution is 7.20. The van der Waals surface area contributed by atoms with Crippen LogP contribution in [0.5, 0.6) is 0 Å². The molecular weight excluding hydrogens is 346 g/mol. The number of para-hydroxylation sites is 1. The summed E-state index contributed by atoms with van der Waals surface area (Å²) in [5, 5.41) is 6.82. The number of hydrogen-bond acceptors (Lipinski definition) is 4. The molecule has 1 saturated carbocycles. The van der Waals surface area contributed by atoms with Crippen LogP contribution in [0.15, 0.2) is 24.3 Å². The molecule has 5 nitrogen and oxygen atoms in total. The van der Waals surface area contributed by atoms with Crippen LogP contribution in [-0.4, -0.2) is 28.9 Å². The molecule has 4 rings (SSSR count). The molecule has 2 fully saturated rings. The second-order valence-electron chi connectivity index (χ2n) is 7.92. The van der Waals surface area contributed by atoms with Gasteiger partial charge in [-0.15, -0.1) is 11.3 Å². The first kappa shape index (κ1) is 17.5. The number of carbonyl (C=O) groups is 2. The van der Waals surface area contributed by atoms with Crippen molar-refractivity contribution in [3.8, 4) is 0 Å². The lowest BCUT2D eigenvalue weighted by Crippen LogP contribution is -2.56. The van der Waals surface area contributed by atoms with Crippen molar-refractivity contribution in [2.75, 3.05) is 0 Å². The first-order chi connectivity index (χ1) is 12.5. The number of hydrogen-bond donors (Lipinski definition) is 2. The molecule has 0 bridgehead atoms. The van der Waals surface area contributed by atoms with Gasteiger partial charge >= 0.3 is 0 Å². The fourth-order valence-electron chi connectivity index (χ4n) is 4.58. The predicted octanol–water partition coefficient (Wildman–Crippen LogP) is 3.36. The van der Waals surface area contributed by atoms with E-state index in [0.717, 1.165) is 29.5 Å². The number of amides is 2. The van der Waals surface area contributed by atoms with E-state index >= 15 is 0 Å². The van der Waals surface area contributed by atoms with E-state index < -0.39 is 0 Å². The molecule has 2 amide bonds. The van der Waals surface area contributed by atoms with Crippen LogP contribution < -0.4 is 10.6 Å². The molecule has 2 N–H and O–H groups in total. The van der Waals surface area contributed by atoms with E-state index in [1.165, 1.54) is 11.3 Å². The maximum Gasteiger partial charge on any atom is 0.280 e. The summed E-state index contributed by atoms with van der Waals surface area (Å²) in [6, 6.07) is 8.08. The zero-order valence-corrected chi connectivity index (χ0v) is 16.0. The minimum Gasteiger partial charge on any atom is -0.353 e. The first-order valence-electron chi connectivity index (χ1n) is 9.47. The Morgan fingerprint density at radius 3 is 2.88 bits per heavy atom. The van der Waals surface area contributed by atoms with Crippen molar-refractivity contribution < 1.29 is 9.59 Å². The Morgan fingerprint density at radius 1 is 1.31 bits per heavy atom. The van der Waals surface area contributed by atoms with Gasteiger partial charge in [-0.1, -0.05) is 26.0 Å². The summed E-state index contributed by atoms with van der Waals surface area (Å²) in [5.41, 5.74) is 0.866. The van der Waals surface area contributed by atoms with Crippen molar-refractivity contribution >= 4 is 33.4 Å². The average molecular weight is 372 g/mol. The molecule has 2 aliphatic rings. The maximum atomic E-state index is 12.6. The normalized spacial score (nSPS) is 28.7. The summed E-state index contributed by atoms with van der Waals surface area (Å²) in [6.45, 7) is 4.42. The topological polar surface area (TPSA) is 71.1 Å². The van der Waals surface area contributed by atoms with Crippen LogP contribution in [0, 0.1) is 17.8 Å². The van der Waals surface area contributed by atoms with Gasteiger partial charge in [-0.05, 0) is 49.1 Å². The van der Waals surface area contributed by atoms with Crippen LogP contribution in [0.25, 0.3) is 10.2 Å². The van der Waals surface area contributed by atoms with Crippen molar-refractivity contribution in [2.24, 2.45) is 17.8 Å². The lowest BCUT2D eigenvalue weighted by molar-refractivity contribution is -0.128. The highest BCUT2D eigenvalue weighted by atomic mass is 32.1. The summed E-state index contributed by atoms with van der Waals surface area (Å²) < 4.78 is 1.03. The van der Waals surface area contributed by atoms with Gasteiger partial charge in [0.25, 0.3) is 5.91 Å². The molecule has 138 valence electrons. The Hall–Kier alpha value is -1.95. The van der Waals surface area contributed by atoms with E-state index in [-0.39, 0.29) is 23.9 Å². The molecule has 26 heavy (non-hydrogen) atoms. The van der Waals surface area contributed by atoms with E-state index in [0.29, 0.717) is 29.2 Å². The summed E-state index contributed by atoms with van der Waals surface area (Å²) in [6.07, 6.45) is 3.48. The van der Waals surface area contributed by atoms with Crippen LogP contribution in [0.2, 0.25) is 0 Å². The van der Waals surface area contributed by atoms with Gasteiger partial charge in [0.15, 0.2) is 5.01 Å². The molecule has 4 unspecified atom stereocenters. The summed E-state index contributed by atoms with van der Waals surface area (Å²) >= 11 is 1.43. The lowest BCUT2D eigenvalue weighted by atomic mass is 9.67. The number of piperidine rings is 1. The molecule has 1 saturated heterocycles. The maximum absolute atomic E-state index is 12.6. The average Bonchev–Trinajstić information content (AvgIpc) is 3.05. The van der Waals surface area contributed by atoms with Crippen molar-refractivity contribution in [1.29, 1.82) is 0 Å². The Morgan fingerprint density at radius 2 is 2.12 bits per heavy atom. The van der Waals surface area contributed by atoms with Gasteiger partial charge in [0.05, 0.1) is 10.2 Å². The molecule has 4 atom stereocenters. The zero-order valence-electron chi connectivity index (χ0n) is 15.2. The molecule has 2 heterocycles. The monoisotopic (exact) mass is 371 g/mol. The van der Waals surface area contributed by atoms with Gasteiger partial charge < -0.3 is 10.6 Å². The van der Waals surface area contributed by atoms with Gasteiger partial charge in [-0.25, -0.2) is 4.98 Å². The standard InChI is InChI=1S/C20H25N3O2S/c1-11(2)14-10-18(24)22-16-9-12(7-8-13(14)16)21-19(25)20-23-15-5-3-4-6-17(15)26-20/h3-6,11-14,16H,7-10H2,1-2H3,(H,21,25)(H,22,24). The zero-order chi connectivity index (χ0) is 18.3. The number of carbonyl (C=O) groups excluding carboxylic acids is 2. The highest BCUT2D eigenvalue weighted by Gasteiger charge is 2.42. The number of aromatic nitrogens is 1. The van der Waals surface area contributed by atoms with Crippen LogP contribution in [0.4, 0.5) is 0 Å². The van der Waals surface area contributed by atoms with E-state index in [1.54, 1.807) is 0 Å². The second kappa shape index (κ2) is 6.99. The van der Waals surface area contributed by atoms with Crippen molar-refractivity contribution in [3.63, 3.8) is 0 Å². The molecule has 1 aliphatic heterocycles. The Labute approximate surface area is 157 Å². The van der Waals surface area contributed by atoms with E-state index in [1.807, 2.05) is 24.3 Å². The SMILES string of the molecule is CC(C)C1CC(=O)NC2CC(NC(=O)c3nc4ccccc4s3)CCC21. The number of nitrogens with one attached hydrogen (secondary N) is 2. The van der Waals surface area contributed by atoms with Crippen molar-refractivity contribution in [1.82, 2.24) is 15.6 Å². The van der Waals surface area contributed by atoms with Gasteiger partial charge in [0, 0.05) is 18.5 Å². The fraction of sp³-hybridized carbons (Fsp3) is 0.550. The van der Waals surface area contributed by atoms with E-state index in [2.05, 4.69) is 29.5 Å². The lowest BCUT2D eigenvalue weighted by Gasteiger charge is -2.45. The van der Waals surface area contributed by atoms with Gasteiger partial charge in [-0.3, -0.25) is 9.59 Å². The second-order valence-corrected chi connectivity index (χ2v) is 8.95. The van der Waals surface area contributed by atoms with Crippen molar-refractivity contribution in [3.05, 3.63) is 29.3 Å². The Kier molecular flexibility index (Phi) is 4.69. The molecule has 1 aromatic heterocycles. The molecule has 2 aromatic rings. The first-order valence-corrected chi connectivity index (χ1v) is 10.3. The summed E-state index contributed by atoms with van der Waals surface area (Å²) in [5.74, 6) is 1.56. The summed E-state index contributed by atoms with van der Waals surface area (Å²) in [4.78, 5) is 29.1. The van der Waals surface area contributed by atoms with Gasteiger partial charge in [0.1, 0.15) is 0 Å². The van der Waals surface area contributed by atoms with Gasteiger partial charge in [0.2, 0.25) is 5.91 Å². The number of thiazole rings is 1. The minimum absolute atomic E-state index is 0.0991. The Bertz CT molecular complexity index is 798. The van der Waals surface area contributed by atoms with E-state index in [9.17, 15) is 9.59 Å². The number of benzene rings is 1. The Balaban J connectivity index is 1.43. The van der Waals surface area contributed by atoms with Crippen LogP contribution in [-0.2, 0) is 4.79 Å². The number of rotatable bonds is 3. The fourth-order valence-corrected chi connectivity index (χ4v) is 5.45. The molecule has 6 heteroatoms. The molecular formula is C20H25N3O2S. The van der Waals surface area contributed by atoms with Crippen molar-refractivity contribution in [2.45, 2.75) is 51.6 Å². The smallest absolute Gasteiger partial charge is 0.280 e. The number of fused-ring (bicyclic) bond motifs is 2. The van der Waals surface area contributed by atoms with E-state index in [4.69, 9.17) is 0 Å². The third-order valence-corrected chi connectivity index (χ3v) is 6.94. The van der Waals surface area contributed by atoms with Crippen LogP contribution in [0.3, 0.4) is 0 Å². The van der Waals surface area contributed by atoms with Crippen LogP contribution in [0.1, 0.15) is 49.3 Å². The van der Waals surface area contributed by atoms with Gasteiger partial charge in [-0.2, -0.15) is 0 Å². The molecule has 1 aromatic carbocycles. The highest BCUT2D eigenvalue weighted by Crippen LogP contribution is 2.39. The third kappa shape index (κ3) is 3.34. The number of nitrogens with zero attached hydrogens (tertiary/aromatic N) is 1. The molecule has 0 spiro atoms. The predicted molar refractivity (Wildman–Crippen MR) is 103 cm³/mol.